The lowest BCUT2D eigenvalue weighted by Crippen LogP contribution is -2.60. The van der Waals surface area contributed by atoms with Gasteiger partial charge < -0.3 is 36.3 Å². The quantitative estimate of drug-likeness (QED) is 0.208. The van der Waals surface area contributed by atoms with Crippen molar-refractivity contribution in [3.05, 3.63) is 45.9 Å². The lowest BCUT2D eigenvalue weighted by molar-refractivity contribution is -0.139. The maximum Gasteiger partial charge on any atom is 0.256 e. The van der Waals surface area contributed by atoms with E-state index in [1.807, 2.05) is 0 Å². The fourth-order valence-corrected chi connectivity index (χ4v) is 5.01. The van der Waals surface area contributed by atoms with Gasteiger partial charge in [-0.15, -0.1) is 0 Å². The van der Waals surface area contributed by atoms with Gasteiger partial charge in [-0.2, -0.15) is 0 Å². The highest BCUT2D eigenvalue weighted by Gasteiger charge is 2.62. The Morgan fingerprint density at radius 1 is 1.22 bits per heavy atom. The first-order chi connectivity index (χ1) is 15.0. The third-order valence-corrected chi connectivity index (χ3v) is 6.46. The van der Waals surface area contributed by atoms with Crippen LogP contribution in [0.15, 0.2) is 40.0 Å². The molecule has 0 saturated heterocycles. The molecule has 3 aliphatic carbocycles. The zero-order valence-corrected chi connectivity index (χ0v) is 17.2. The van der Waals surface area contributed by atoms with Gasteiger partial charge >= 0.3 is 0 Å². The van der Waals surface area contributed by atoms with E-state index < -0.39 is 57.7 Å². The monoisotopic (exact) mass is 443 g/mol. The molecule has 0 aliphatic heterocycles. The maximum absolute atomic E-state index is 13.4. The number of aliphatic hydroxyl groups excluding tert-OH is 2. The van der Waals surface area contributed by atoms with Crippen LogP contribution in [-0.4, -0.2) is 68.5 Å². The number of carbonyl (C=O) groups excluding carboxylic acids is 3. The first kappa shape index (κ1) is 21.4. The molecule has 1 amide bonds. The highest BCUT2D eigenvalue weighted by molar-refractivity contribution is 6.31. The molecule has 0 saturated carbocycles. The molecule has 0 aromatic heterocycles. The highest BCUT2D eigenvalue weighted by atomic mass is 16.4. The van der Waals surface area contributed by atoms with Gasteiger partial charge in [0.2, 0.25) is 5.78 Å². The molecule has 3 atom stereocenters. The molecule has 32 heavy (non-hydrogen) atoms. The summed E-state index contributed by atoms with van der Waals surface area (Å²) in [6.45, 7) is 0. The number of amides is 1. The Balaban J connectivity index is 1.99. The maximum atomic E-state index is 13.4. The lowest BCUT2D eigenvalue weighted by atomic mass is 9.59. The third-order valence-electron chi connectivity index (χ3n) is 6.46. The average molecular weight is 443 g/mol. The van der Waals surface area contributed by atoms with E-state index in [9.17, 15) is 40.0 Å². The number of phenolic OH excluding ortho intramolecular Hbond substituents is 1. The van der Waals surface area contributed by atoms with Crippen LogP contribution in [-0.2, 0) is 16.0 Å². The molecule has 7 N–H and O–H groups in total. The van der Waals surface area contributed by atoms with Crippen LogP contribution in [0.3, 0.4) is 0 Å². The van der Waals surface area contributed by atoms with Gasteiger partial charge in [0.1, 0.15) is 22.8 Å². The van der Waals surface area contributed by atoms with Gasteiger partial charge in [-0.1, -0.05) is 5.16 Å². The van der Waals surface area contributed by atoms with Crippen molar-refractivity contribution in [2.75, 3.05) is 19.0 Å². The molecule has 0 spiro atoms. The number of anilines is 1. The SMILES string of the molecule is CN(C)c1ccc(O)c2c1CC1CC3/C(=N/O)C(O)=C(C(N)=O)C(=O)[C@@]3(O)C(O)=C1C2=O. The van der Waals surface area contributed by atoms with E-state index in [0.717, 1.165) is 0 Å². The van der Waals surface area contributed by atoms with Crippen molar-refractivity contribution in [1.82, 2.24) is 0 Å². The van der Waals surface area contributed by atoms with Crippen LogP contribution in [0.4, 0.5) is 5.69 Å². The van der Waals surface area contributed by atoms with Crippen molar-refractivity contribution in [3.63, 3.8) is 0 Å². The van der Waals surface area contributed by atoms with Crippen LogP contribution in [0.5, 0.6) is 5.75 Å². The van der Waals surface area contributed by atoms with Gasteiger partial charge in [0.15, 0.2) is 17.1 Å². The predicted molar refractivity (Wildman–Crippen MR) is 110 cm³/mol. The van der Waals surface area contributed by atoms with Crippen molar-refractivity contribution in [2.24, 2.45) is 22.7 Å². The van der Waals surface area contributed by atoms with Crippen LogP contribution in [0, 0.1) is 11.8 Å². The molecule has 1 aromatic rings. The molecule has 168 valence electrons. The molecule has 0 bridgehead atoms. The number of oxime groups is 1. The molecule has 3 aliphatic rings. The molecule has 0 radical (unpaired) electrons. The molecule has 11 heteroatoms. The van der Waals surface area contributed by atoms with Crippen LogP contribution < -0.4 is 10.6 Å². The minimum atomic E-state index is -2.86. The number of ketones is 2. The van der Waals surface area contributed by atoms with E-state index >= 15 is 0 Å². The number of aromatic hydroxyl groups is 1. The number of nitrogens with zero attached hydrogens (tertiary/aromatic N) is 2. The molecule has 0 heterocycles. The Labute approximate surface area is 181 Å². The predicted octanol–water partition coefficient (Wildman–Crippen LogP) is 0.0866. The largest absolute Gasteiger partial charge is 0.508 e. The van der Waals surface area contributed by atoms with Gasteiger partial charge in [-0.25, -0.2) is 0 Å². The summed E-state index contributed by atoms with van der Waals surface area (Å²) in [5.74, 6) is -8.14. The second-order valence-corrected chi connectivity index (χ2v) is 8.30. The number of hydrogen-bond donors (Lipinski definition) is 6. The number of Topliss-reactive ketones (excluding diaryl/α,β-unsaturated/α-hetero) is 2. The van der Waals surface area contributed by atoms with Gasteiger partial charge in [0, 0.05) is 25.4 Å². The normalized spacial score (nSPS) is 28.4. The van der Waals surface area contributed by atoms with Crippen LogP contribution >= 0.6 is 0 Å². The van der Waals surface area contributed by atoms with Crippen molar-refractivity contribution in [3.8, 4) is 5.75 Å². The summed E-state index contributed by atoms with van der Waals surface area (Å²) < 4.78 is 0. The zero-order valence-electron chi connectivity index (χ0n) is 17.2. The van der Waals surface area contributed by atoms with Gasteiger partial charge in [0.05, 0.1) is 11.5 Å². The first-order valence-corrected chi connectivity index (χ1v) is 9.69. The van der Waals surface area contributed by atoms with Gasteiger partial charge in [-0.3, -0.25) is 14.4 Å². The minimum absolute atomic E-state index is 0.0659. The lowest BCUT2D eigenvalue weighted by Gasteiger charge is -2.45. The highest BCUT2D eigenvalue weighted by Crippen LogP contribution is 2.51. The molecule has 11 nitrogen and oxygen atoms in total. The Bertz CT molecular complexity index is 1200. The van der Waals surface area contributed by atoms with Crippen LogP contribution in [0.25, 0.3) is 0 Å². The molecule has 0 fully saturated rings. The third kappa shape index (κ3) is 2.51. The first-order valence-electron chi connectivity index (χ1n) is 9.69. The number of phenols is 1. The summed E-state index contributed by atoms with van der Waals surface area (Å²) in [5.41, 5.74) is 1.44. The van der Waals surface area contributed by atoms with Gasteiger partial charge in [0.25, 0.3) is 5.91 Å². The number of fused-ring (bicyclic) bond motifs is 3. The Kier molecular flexibility index (Phi) is 4.56. The summed E-state index contributed by atoms with van der Waals surface area (Å²) >= 11 is 0. The number of nitrogens with two attached hydrogens (primary N) is 1. The Morgan fingerprint density at radius 3 is 2.44 bits per heavy atom. The van der Waals surface area contributed by atoms with E-state index in [4.69, 9.17) is 5.73 Å². The van der Waals surface area contributed by atoms with E-state index in [-0.39, 0.29) is 29.7 Å². The zero-order chi connectivity index (χ0) is 23.7. The van der Waals surface area contributed by atoms with E-state index in [0.29, 0.717) is 11.3 Å². The van der Waals surface area contributed by atoms with Gasteiger partial charge in [-0.05, 0) is 36.5 Å². The summed E-state index contributed by atoms with van der Waals surface area (Å²) in [7, 11) is 3.51. The summed E-state index contributed by atoms with van der Waals surface area (Å²) in [6.07, 6.45) is -0.0279. The van der Waals surface area contributed by atoms with E-state index in [1.165, 1.54) is 6.07 Å². The topological polar surface area (TPSA) is 194 Å². The van der Waals surface area contributed by atoms with Crippen molar-refractivity contribution in [2.45, 2.75) is 18.4 Å². The molecule has 4 rings (SSSR count). The number of aliphatic hydroxyl groups is 3. The fraction of sp³-hybridized carbons (Fsp3) is 0.333. The summed E-state index contributed by atoms with van der Waals surface area (Å²) in [5, 5.41) is 55.3. The second-order valence-electron chi connectivity index (χ2n) is 8.30. The Morgan fingerprint density at radius 2 is 1.88 bits per heavy atom. The number of primary amides is 1. The van der Waals surface area contributed by atoms with Crippen LogP contribution in [0.1, 0.15) is 22.3 Å². The molecule has 2 unspecified atom stereocenters. The van der Waals surface area contributed by atoms with Crippen molar-refractivity contribution in [1.29, 1.82) is 0 Å². The van der Waals surface area contributed by atoms with Crippen molar-refractivity contribution >= 4 is 28.9 Å². The molecule has 1 aromatic carbocycles. The minimum Gasteiger partial charge on any atom is -0.508 e. The fourth-order valence-electron chi connectivity index (χ4n) is 5.01. The summed E-state index contributed by atoms with van der Waals surface area (Å²) in [6, 6.07) is 2.96. The smallest absolute Gasteiger partial charge is 0.256 e. The molecular weight excluding hydrogens is 422 g/mol. The number of allylic oxidation sites excluding steroid dienone is 2. The van der Waals surface area contributed by atoms with Crippen molar-refractivity contribution < 1.29 is 40.0 Å². The standard InChI is InChI=1S/C21H21N3O8/c1-24(2)10-3-4-11(25)13-8(10)5-7-6-9-15(23-32)17(27)14(20(22)30)19(29)21(9,31)18(28)12(7)16(13)26/h3-4,7,9,25,27-28,31-32H,5-6H2,1-2H3,(H2,22,30)/b23-15-/t7?,9?,21-/m0/s1. The van der Waals surface area contributed by atoms with E-state index in [2.05, 4.69) is 5.16 Å². The number of benzene rings is 1. The number of hydrogen-bond acceptors (Lipinski definition) is 10. The second kappa shape index (κ2) is 6.82. The number of rotatable bonds is 2. The van der Waals surface area contributed by atoms with E-state index in [1.54, 1.807) is 25.1 Å². The van der Waals surface area contributed by atoms with Crippen LogP contribution in [0.2, 0.25) is 0 Å². The molecular formula is C21H21N3O8. The summed E-state index contributed by atoms with van der Waals surface area (Å²) in [4.78, 5) is 39.8. The Hall–Kier alpha value is -3.86. The average Bonchev–Trinajstić information content (AvgIpc) is 2.70. The number of carbonyl (C=O) groups is 3.